The van der Waals surface area contributed by atoms with Crippen LogP contribution in [0, 0.1) is 0 Å². The van der Waals surface area contributed by atoms with Crippen LogP contribution < -0.4 is 4.74 Å². The van der Waals surface area contributed by atoms with Gasteiger partial charge in [0.15, 0.2) is 0 Å². The van der Waals surface area contributed by atoms with Crippen molar-refractivity contribution in [3.63, 3.8) is 0 Å². The molecule has 2 aromatic heterocycles. The molecule has 0 aliphatic rings. The predicted molar refractivity (Wildman–Crippen MR) is 38.0 cm³/mol. The molecule has 6 heteroatoms. The molecule has 2 heterocycles. The lowest BCUT2D eigenvalue weighted by molar-refractivity contribution is 0.297. The molecule has 0 saturated heterocycles. The molecule has 6 nitrogen and oxygen atoms in total. The van der Waals surface area contributed by atoms with Crippen molar-refractivity contribution in [2.24, 2.45) is 0 Å². The van der Waals surface area contributed by atoms with Gasteiger partial charge < -0.3 is 9.15 Å². The first-order chi connectivity index (χ1) is 5.90. The number of oxazole rings is 1. The summed E-state index contributed by atoms with van der Waals surface area (Å²) in [5.41, 5.74) is 0. The third kappa shape index (κ3) is 1.03. The monoisotopic (exact) mass is 166 g/mol. The number of methoxy groups -OCH3 is 1. The van der Waals surface area contributed by atoms with Crippen molar-refractivity contribution in [2.75, 3.05) is 7.11 Å². The summed E-state index contributed by atoms with van der Waals surface area (Å²) in [5, 5.41) is 7.66. The zero-order chi connectivity index (χ0) is 8.39. The van der Waals surface area contributed by atoms with Crippen LogP contribution in [-0.4, -0.2) is 27.1 Å². The molecule has 0 spiro atoms. The summed E-state index contributed by atoms with van der Waals surface area (Å²) >= 11 is 0. The third-order valence-corrected chi connectivity index (χ3v) is 1.26. The molecule has 0 aliphatic carbocycles. The van der Waals surface area contributed by atoms with Gasteiger partial charge >= 0.3 is 12.0 Å². The largest absolute Gasteiger partial charge is 0.467 e. The van der Waals surface area contributed by atoms with Gasteiger partial charge in [-0.05, 0) is 0 Å². The fourth-order valence-corrected chi connectivity index (χ4v) is 0.752. The van der Waals surface area contributed by atoms with Crippen molar-refractivity contribution in [1.82, 2.24) is 20.0 Å². The van der Waals surface area contributed by atoms with Crippen molar-refractivity contribution in [2.45, 2.75) is 0 Å². The summed E-state index contributed by atoms with van der Waals surface area (Å²) < 4.78 is 9.88. The Balaban J connectivity index is 2.35. The Morgan fingerprint density at radius 3 is 2.75 bits per heavy atom. The molecule has 0 atom stereocenters. The van der Waals surface area contributed by atoms with Crippen molar-refractivity contribution < 1.29 is 9.15 Å². The fourth-order valence-electron chi connectivity index (χ4n) is 0.752. The van der Waals surface area contributed by atoms with Crippen LogP contribution >= 0.6 is 0 Å². The number of ether oxygens (including phenoxy) is 1. The van der Waals surface area contributed by atoms with Crippen molar-refractivity contribution in [1.29, 1.82) is 0 Å². The van der Waals surface area contributed by atoms with Gasteiger partial charge in [0.1, 0.15) is 6.20 Å². The minimum Gasteiger partial charge on any atom is -0.467 e. The van der Waals surface area contributed by atoms with Gasteiger partial charge in [0, 0.05) is 0 Å². The maximum absolute atomic E-state index is 5.08. The molecule has 0 radical (unpaired) electrons. The van der Waals surface area contributed by atoms with Crippen LogP contribution in [-0.2, 0) is 0 Å². The van der Waals surface area contributed by atoms with Gasteiger partial charge in [-0.3, -0.25) is 0 Å². The van der Waals surface area contributed by atoms with Gasteiger partial charge in [-0.1, -0.05) is 4.80 Å². The molecule has 62 valence electrons. The molecule has 2 aromatic rings. The highest BCUT2D eigenvalue weighted by molar-refractivity contribution is 5.07. The smallest absolute Gasteiger partial charge is 0.343 e. The van der Waals surface area contributed by atoms with Crippen LogP contribution in [0.1, 0.15) is 0 Å². The second-order valence-electron chi connectivity index (χ2n) is 1.98. The topological polar surface area (TPSA) is 66.0 Å². The second-order valence-corrected chi connectivity index (χ2v) is 1.98. The van der Waals surface area contributed by atoms with Crippen molar-refractivity contribution in [3.05, 3.63) is 18.6 Å². The zero-order valence-corrected chi connectivity index (χ0v) is 6.34. The average molecular weight is 166 g/mol. The van der Waals surface area contributed by atoms with Gasteiger partial charge in [0.2, 0.25) is 0 Å². The van der Waals surface area contributed by atoms with Gasteiger partial charge in [-0.2, -0.15) is 15.2 Å². The average Bonchev–Trinajstić information content (AvgIpc) is 2.75. The van der Waals surface area contributed by atoms with E-state index >= 15 is 0 Å². The number of aromatic nitrogens is 4. The Bertz CT molecular complexity index is 353. The summed E-state index contributed by atoms with van der Waals surface area (Å²) in [6.45, 7) is 0. The zero-order valence-electron chi connectivity index (χ0n) is 6.34. The molecule has 2 rings (SSSR count). The third-order valence-electron chi connectivity index (χ3n) is 1.26. The van der Waals surface area contributed by atoms with Gasteiger partial charge in [0.05, 0.1) is 19.5 Å². The fraction of sp³-hybridized carbons (Fsp3) is 0.167. The first-order valence-corrected chi connectivity index (χ1v) is 3.26. The molecule has 0 N–H and O–H groups in total. The molecule has 0 fully saturated rings. The standard InChI is InChI=1S/C6H6N4O2/c1-11-5-4-7-6(12-5)10-8-2-3-9-10/h2-4H,1H3. The molecule has 12 heavy (non-hydrogen) atoms. The Hall–Kier alpha value is -1.85. The molecule has 0 amide bonds. The van der Waals surface area contributed by atoms with E-state index in [1.165, 1.54) is 30.5 Å². The van der Waals surface area contributed by atoms with Gasteiger partial charge in [0.25, 0.3) is 0 Å². The van der Waals surface area contributed by atoms with E-state index in [2.05, 4.69) is 15.2 Å². The van der Waals surface area contributed by atoms with Crippen LogP contribution in [0.3, 0.4) is 0 Å². The summed E-state index contributed by atoms with van der Waals surface area (Å²) in [4.78, 5) is 5.14. The first kappa shape index (κ1) is 6.84. The highest BCUT2D eigenvalue weighted by Gasteiger charge is 2.05. The van der Waals surface area contributed by atoms with Crippen LogP contribution in [0.4, 0.5) is 0 Å². The normalized spacial score (nSPS) is 10.1. The number of hydrogen-bond acceptors (Lipinski definition) is 5. The SMILES string of the molecule is COc1cnc(-n2nccn2)o1. The van der Waals surface area contributed by atoms with E-state index in [1.54, 1.807) is 0 Å². The molecule has 0 aliphatic heterocycles. The lowest BCUT2D eigenvalue weighted by atomic mass is 10.9. The van der Waals surface area contributed by atoms with Gasteiger partial charge in [-0.25, -0.2) is 0 Å². The lowest BCUT2D eigenvalue weighted by Gasteiger charge is -1.90. The Kier molecular flexibility index (Phi) is 1.51. The van der Waals surface area contributed by atoms with Gasteiger partial charge in [-0.15, -0.1) is 0 Å². The Morgan fingerprint density at radius 2 is 2.17 bits per heavy atom. The van der Waals surface area contributed by atoms with Crippen LogP contribution in [0.5, 0.6) is 5.95 Å². The van der Waals surface area contributed by atoms with Crippen molar-refractivity contribution >= 4 is 0 Å². The molecule has 0 unspecified atom stereocenters. The van der Waals surface area contributed by atoms with E-state index in [0.29, 0.717) is 5.95 Å². The maximum Gasteiger partial charge on any atom is 0.343 e. The van der Waals surface area contributed by atoms with E-state index in [-0.39, 0.29) is 6.01 Å². The van der Waals surface area contributed by atoms with E-state index in [4.69, 9.17) is 9.15 Å². The molecule has 0 aromatic carbocycles. The van der Waals surface area contributed by atoms with E-state index in [9.17, 15) is 0 Å². The van der Waals surface area contributed by atoms with Crippen LogP contribution in [0.25, 0.3) is 6.01 Å². The predicted octanol–water partition coefficient (Wildman–Crippen LogP) is 0.264. The number of hydrogen-bond donors (Lipinski definition) is 0. The van der Waals surface area contributed by atoms with Crippen molar-refractivity contribution in [3.8, 4) is 12.0 Å². The summed E-state index contributed by atoms with van der Waals surface area (Å²) in [7, 11) is 1.50. The quantitative estimate of drug-likeness (QED) is 0.640. The summed E-state index contributed by atoms with van der Waals surface area (Å²) in [6, 6.07) is 0.289. The minimum absolute atomic E-state index is 0.289. The Labute approximate surface area is 67.8 Å². The molecule has 0 saturated carbocycles. The maximum atomic E-state index is 5.08. The first-order valence-electron chi connectivity index (χ1n) is 3.26. The van der Waals surface area contributed by atoms with Crippen LogP contribution in [0.15, 0.2) is 23.0 Å². The summed E-state index contributed by atoms with van der Waals surface area (Å²) in [5.74, 6) is 0.335. The molecule has 0 bridgehead atoms. The highest BCUT2D eigenvalue weighted by atomic mass is 16.6. The molecular formula is C6H6N4O2. The number of rotatable bonds is 2. The van der Waals surface area contributed by atoms with E-state index in [0.717, 1.165) is 0 Å². The minimum atomic E-state index is 0.289. The summed E-state index contributed by atoms with van der Waals surface area (Å²) in [6.07, 6.45) is 4.53. The van der Waals surface area contributed by atoms with Crippen LogP contribution in [0.2, 0.25) is 0 Å². The lowest BCUT2D eigenvalue weighted by Crippen LogP contribution is -1.97. The molecular weight excluding hydrogens is 160 g/mol. The van der Waals surface area contributed by atoms with E-state index < -0.39 is 0 Å². The number of nitrogens with zero attached hydrogens (tertiary/aromatic N) is 4. The Morgan fingerprint density at radius 1 is 1.42 bits per heavy atom. The second kappa shape index (κ2) is 2.65. The van der Waals surface area contributed by atoms with E-state index in [1.807, 2.05) is 0 Å². The highest BCUT2D eigenvalue weighted by Crippen LogP contribution is 2.12.